The van der Waals surface area contributed by atoms with Crippen LogP contribution in [0.3, 0.4) is 0 Å². The molecule has 0 aromatic heterocycles. The van der Waals surface area contributed by atoms with Crippen LogP contribution in [0.5, 0.6) is 0 Å². The Morgan fingerprint density at radius 1 is 0.949 bits per heavy atom. The van der Waals surface area contributed by atoms with E-state index < -0.39 is 28.5 Å². The lowest BCUT2D eigenvalue weighted by Gasteiger charge is -2.32. The highest BCUT2D eigenvalue weighted by Gasteiger charge is 2.33. The van der Waals surface area contributed by atoms with Crippen molar-refractivity contribution in [1.82, 2.24) is 10.2 Å². The zero-order valence-corrected chi connectivity index (χ0v) is 25.7. The second-order valence-corrected chi connectivity index (χ2v) is 12.7. The van der Waals surface area contributed by atoms with E-state index in [1.807, 2.05) is 38.1 Å². The van der Waals surface area contributed by atoms with Gasteiger partial charge in [0.2, 0.25) is 11.8 Å². The normalized spacial score (nSPS) is 12.9. The second kappa shape index (κ2) is 13.7. The van der Waals surface area contributed by atoms with Crippen LogP contribution >= 0.6 is 39.1 Å². The molecule has 3 aromatic carbocycles. The summed E-state index contributed by atoms with van der Waals surface area (Å²) in [7, 11) is -4.20. The van der Waals surface area contributed by atoms with Crippen LogP contribution in [0, 0.1) is 0 Å². The van der Waals surface area contributed by atoms with E-state index in [-0.39, 0.29) is 29.1 Å². The van der Waals surface area contributed by atoms with E-state index in [2.05, 4.69) is 21.2 Å². The molecule has 0 aliphatic heterocycles. The first-order valence-corrected chi connectivity index (χ1v) is 15.3. The van der Waals surface area contributed by atoms with Crippen LogP contribution < -0.4 is 9.62 Å². The number of hydrogen-bond donors (Lipinski definition) is 1. The number of carbonyl (C=O) groups excluding carboxylic acids is 2. The van der Waals surface area contributed by atoms with Crippen molar-refractivity contribution >= 4 is 66.7 Å². The molecule has 7 nitrogen and oxygen atoms in total. The highest BCUT2D eigenvalue weighted by Crippen LogP contribution is 2.27. The average Bonchev–Trinajstić information content (AvgIpc) is 2.90. The van der Waals surface area contributed by atoms with Crippen molar-refractivity contribution in [3.8, 4) is 0 Å². The molecule has 2 amide bonds. The van der Waals surface area contributed by atoms with Gasteiger partial charge in [0.15, 0.2) is 0 Å². The zero-order chi connectivity index (χ0) is 28.7. The van der Waals surface area contributed by atoms with E-state index in [1.165, 1.54) is 35.2 Å². The van der Waals surface area contributed by atoms with Gasteiger partial charge >= 0.3 is 0 Å². The molecular weight excluding hydrogens is 625 g/mol. The lowest BCUT2D eigenvalue weighted by Crippen LogP contribution is -2.52. The summed E-state index contributed by atoms with van der Waals surface area (Å²) in [5, 5.41) is 3.60. The quantitative estimate of drug-likeness (QED) is 0.264. The fourth-order valence-electron chi connectivity index (χ4n) is 3.73. The van der Waals surface area contributed by atoms with E-state index in [0.29, 0.717) is 10.0 Å². The highest BCUT2D eigenvalue weighted by atomic mass is 79.9. The molecule has 0 heterocycles. The number of hydrogen-bond acceptors (Lipinski definition) is 4. The molecule has 0 aliphatic carbocycles. The minimum Gasteiger partial charge on any atom is -0.352 e. The van der Waals surface area contributed by atoms with Crippen LogP contribution in [0.15, 0.2) is 82.2 Å². The Bertz CT molecular complexity index is 1400. The standard InChI is InChI=1S/C28H30BrCl2N3O4S/c1-4-19(2)32-28(36)20(3)33(17-21-8-10-22(29)11-9-21)27(35)18-34(25-7-5-6-24(31)16-25)39(37,38)26-14-12-23(30)13-15-26/h5-16,19-20H,4,17-18H2,1-3H3,(H,32,36). The number of nitrogens with zero attached hydrogens (tertiary/aromatic N) is 2. The van der Waals surface area contributed by atoms with Gasteiger partial charge in [-0.15, -0.1) is 0 Å². The van der Waals surface area contributed by atoms with Crippen LogP contribution in [0.2, 0.25) is 10.0 Å². The summed E-state index contributed by atoms with van der Waals surface area (Å²) in [4.78, 5) is 28.3. The summed E-state index contributed by atoms with van der Waals surface area (Å²) in [6.45, 7) is 5.01. The van der Waals surface area contributed by atoms with Gasteiger partial charge in [0.1, 0.15) is 12.6 Å². The number of anilines is 1. The van der Waals surface area contributed by atoms with Crippen molar-refractivity contribution in [3.05, 3.63) is 92.9 Å². The third-order valence-electron chi connectivity index (χ3n) is 6.21. The first-order valence-electron chi connectivity index (χ1n) is 12.3. The number of sulfonamides is 1. The molecule has 0 spiro atoms. The van der Waals surface area contributed by atoms with Crippen LogP contribution in [0.1, 0.15) is 32.8 Å². The molecule has 3 aromatic rings. The lowest BCUT2D eigenvalue weighted by molar-refractivity contribution is -0.139. The van der Waals surface area contributed by atoms with Gasteiger partial charge in [0.05, 0.1) is 10.6 Å². The van der Waals surface area contributed by atoms with Gasteiger partial charge in [-0.2, -0.15) is 0 Å². The van der Waals surface area contributed by atoms with Crippen molar-refractivity contribution in [2.45, 2.75) is 50.7 Å². The molecule has 2 atom stereocenters. The van der Waals surface area contributed by atoms with Gasteiger partial charge in [-0.05, 0) is 80.4 Å². The van der Waals surface area contributed by atoms with Gasteiger partial charge in [-0.3, -0.25) is 13.9 Å². The van der Waals surface area contributed by atoms with Gasteiger partial charge in [-0.1, -0.05) is 64.3 Å². The van der Waals surface area contributed by atoms with E-state index in [4.69, 9.17) is 23.2 Å². The molecular formula is C28H30BrCl2N3O4S. The van der Waals surface area contributed by atoms with Crippen LogP contribution in [0.25, 0.3) is 0 Å². The minimum atomic E-state index is -4.20. The van der Waals surface area contributed by atoms with Gasteiger partial charge in [-0.25, -0.2) is 8.42 Å². The zero-order valence-electron chi connectivity index (χ0n) is 21.8. The fraction of sp³-hybridized carbons (Fsp3) is 0.286. The van der Waals surface area contributed by atoms with Gasteiger partial charge in [0, 0.05) is 27.1 Å². The SMILES string of the molecule is CCC(C)NC(=O)C(C)N(Cc1ccc(Br)cc1)C(=O)CN(c1cccc(Cl)c1)S(=O)(=O)c1ccc(Cl)cc1. The number of halogens is 3. The highest BCUT2D eigenvalue weighted by molar-refractivity contribution is 9.10. The third kappa shape index (κ3) is 8.20. The molecule has 2 unspecified atom stereocenters. The molecule has 3 rings (SSSR count). The number of nitrogens with one attached hydrogen (secondary N) is 1. The molecule has 0 saturated heterocycles. The molecule has 39 heavy (non-hydrogen) atoms. The number of benzene rings is 3. The predicted molar refractivity (Wildman–Crippen MR) is 159 cm³/mol. The Kier molecular flexibility index (Phi) is 10.8. The summed E-state index contributed by atoms with van der Waals surface area (Å²) >= 11 is 15.6. The predicted octanol–water partition coefficient (Wildman–Crippen LogP) is 6.28. The van der Waals surface area contributed by atoms with Crippen LogP contribution in [0.4, 0.5) is 5.69 Å². The summed E-state index contributed by atoms with van der Waals surface area (Å²) < 4.78 is 29.4. The summed E-state index contributed by atoms with van der Waals surface area (Å²) in [6, 6.07) is 18.3. The van der Waals surface area contributed by atoms with E-state index in [1.54, 1.807) is 25.1 Å². The average molecular weight is 655 g/mol. The first-order chi connectivity index (χ1) is 18.4. The topological polar surface area (TPSA) is 86.8 Å². The largest absolute Gasteiger partial charge is 0.352 e. The Labute approximate surface area is 248 Å². The van der Waals surface area contributed by atoms with Crippen molar-refractivity contribution in [1.29, 1.82) is 0 Å². The molecule has 0 fully saturated rings. The van der Waals surface area contributed by atoms with Gasteiger partial charge in [0.25, 0.3) is 10.0 Å². The van der Waals surface area contributed by atoms with Crippen LogP contribution in [-0.4, -0.2) is 43.8 Å². The van der Waals surface area contributed by atoms with Crippen molar-refractivity contribution < 1.29 is 18.0 Å². The van der Waals surface area contributed by atoms with E-state index >= 15 is 0 Å². The second-order valence-electron chi connectivity index (χ2n) is 9.09. The first kappa shape index (κ1) is 30.9. The maximum atomic E-state index is 13.9. The summed E-state index contributed by atoms with van der Waals surface area (Å²) in [5.74, 6) is -0.882. The Morgan fingerprint density at radius 2 is 1.59 bits per heavy atom. The Balaban J connectivity index is 2.02. The summed E-state index contributed by atoms with van der Waals surface area (Å²) in [5.41, 5.74) is 0.996. The van der Waals surface area contributed by atoms with Crippen molar-refractivity contribution in [2.75, 3.05) is 10.8 Å². The lowest BCUT2D eigenvalue weighted by atomic mass is 10.1. The molecule has 0 radical (unpaired) electrons. The minimum absolute atomic E-state index is 0.0401. The van der Waals surface area contributed by atoms with Gasteiger partial charge < -0.3 is 10.2 Å². The Hall–Kier alpha value is -2.59. The molecule has 208 valence electrons. The third-order valence-corrected chi connectivity index (χ3v) is 9.02. The van der Waals surface area contributed by atoms with E-state index in [0.717, 1.165) is 20.8 Å². The molecule has 0 aliphatic rings. The maximum absolute atomic E-state index is 13.9. The monoisotopic (exact) mass is 653 g/mol. The van der Waals surface area contributed by atoms with E-state index in [9.17, 15) is 18.0 Å². The molecule has 1 N–H and O–H groups in total. The maximum Gasteiger partial charge on any atom is 0.264 e. The van der Waals surface area contributed by atoms with Crippen molar-refractivity contribution in [2.24, 2.45) is 0 Å². The molecule has 0 bridgehead atoms. The fourth-order valence-corrected chi connectivity index (χ4v) is 5.71. The number of carbonyl (C=O) groups is 2. The molecule has 11 heteroatoms. The van der Waals surface area contributed by atoms with Crippen molar-refractivity contribution in [3.63, 3.8) is 0 Å². The number of rotatable bonds is 11. The smallest absolute Gasteiger partial charge is 0.264 e. The number of amides is 2. The Morgan fingerprint density at radius 3 is 2.18 bits per heavy atom. The summed E-state index contributed by atoms with van der Waals surface area (Å²) in [6.07, 6.45) is 0.723. The van der Waals surface area contributed by atoms with Crippen LogP contribution in [-0.2, 0) is 26.2 Å². The molecule has 0 saturated carbocycles.